The lowest BCUT2D eigenvalue weighted by molar-refractivity contribution is 0.415. The molecule has 3 rings (SSSR count). The van der Waals surface area contributed by atoms with Gasteiger partial charge in [0, 0.05) is 23.3 Å². The molecule has 2 aromatic carbocycles. The lowest BCUT2D eigenvalue weighted by Crippen LogP contribution is -2.14. The maximum Gasteiger partial charge on any atom is 0.332 e. The summed E-state index contributed by atoms with van der Waals surface area (Å²) < 4.78 is 11.0. The molecule has 0 atom stereocenters. The normalized spacial score (nSPS) is 10.5. The third-order valence-corrected chi connectivity index (χ3v) is 3.89. The van der Waals surface area contributed by atoms with E-state index in [4.69, 9.17) is 4.74 Å². The average molecular weight is 313 g/mol. The van der Waals surface area contributed by atoms with Crippen LogP contribution in [0.5, 0.6) is 5.75 Å². The molecule has 0 saturated heterocycles. The monoisotopic (exact) mass is 313 g/mol. The Morgan fingerprint density at radius 1 is 1.18 bits per heavy atom. The zero-order valence-electron chi connectivity index (χ0n) is 12.2. The molecule has 0 bridgehead atoms. The van der Waals surface area contributed by atoms with E-state index in [9.17, 15) is 4.79 Å². The zero-order chi connectivity index (χ0) is 15.5. The Hall–Kier alpha value is -2.60. The van der Waals surface area contributed by atoms with Crippen molar-refractivity contribution in [3.63, 3.8) is 0 Å². The van der Waals surface area contributed by atoms with E-state index in [1.807, 2.05) is 55.5 Å². The second kappa shape index (κ2) is 6.03. The highest BCUT2D eigenvalue weighted by Gasteiger charge is 2.12. The number of para-hydroxylation sites is 1. The van der Waals surface area contributed by atoms with Gasteiger partial charge in [0.1, 0.15) is 5.75 Å². The fourth-order valence-electron chi connectivity index (χ4n) is 2.19. The van der Waals surface area contributed by atoms with Gasteiger partial charge in [0.25, 0.3) is 0 Å². The summed E-state index contributed by atoms with van der Waals surface area (Å²) in [6.07, 6.45) is 0. The quantitative estimate of drug-likeness (QED) is 0.802. The van der Waals surface area contributed by atoms with Crippen LogP contribution in [0.15, 0.2) is 53.3 Å². The van der Waals surface area contributed by atoms with Crippen molar-refractivity contribution in [1.82, 2.24) is 8.94 Å². The van der Waals surface area contributed by atoms with Gasteiger partial charge < -0.3 is 10.1 Å². The molecule has 0 amide bonds. The number of nitrogens with one attached hydrogen (secondary N) is 1. The van der Waals surface area contributed by atoms with E-state index < -0.39 is 0 Å². The Labute approximate surface area is 132 Å². The topological polar surface area (TPSA) is 56.1 Å². The molecule has 0 aliphatic heterocycles. The smallest absolute Gasteiger partial charge is 0.332 e. The molecule has 1 N–H and O–H groups in total. The molecule has 6 heteroatoms. The predicted molar refractivity (Wildman–Crippen MR) is 88.7 cm³/mol. The highest BCUT2D eigenvalue weighted by atomic mass is 32.1. The number of nitrogens with zero attached hydrogens (tertiary/aromatic N) is 2. The third-order valence-electron chi connectivity index (χ3n) is 3.29. The molecule has 112 valence electrons. The molecule has 0 aliphatic carbocycles. The largest absolute Gasteiger partial charge is 0.497 e. The van der Waals surface area contributed by atoms with Crippen LogP contribution < -0.4 is 14.9 Å². The van der Waals surface area contributed by atoms with Crippen molar-refractivity contribution in [3.8, 4) is 11.4 Å². The first kappa shape index (κ1) is 14.3. The average Bonchev–Trinajstić information content (AvgIpc) is 2.89. The minimum Gasteiger partial charge on any atom is -0.497 e. The Morgan fingerprint density at radius 2 is 2.00 bits per heavy atom. The Kier molecular flexibility index (Phi) is 3.93. The molecule has 5 nitrogen and oxygen atoms in total. The van der Waals surface area contributed by atoms with Gasteiger partial charge in [-0.3, -0.25) is 4.79 Å². The lowest BCUT2D eigenvalue weighted by atomic mass is 10.2. The van der Waals surface area contributed by atoms with Gasteiger partial charge in [0.15, 0.2) is 0 Å². The molecule has 0 unspecified atom stereocenters. The van der Waals surface area contributed by atoms with Crippen LogP contribution in [0, 0.1) is 6.92 Å². The van der Waals surface area contributed by atoms with Gasteiger partial charge in [-0.05, 0) is 30.7 Å². The maximum atomic E-state index is 12.2. The number of benzene rings is 2. The molecule has 3 aromatic rings. The standard InChI is InChI=1S/C16H15N3O2S/c1-11-6-3-4-9-14(11)19-15(18-22-16(19)20)17-12-7-5-8-13(10-12)21-2/h3-10H,1-2H3,(H,17,18). The van der Waals surface area contributed by atoms with Crippen LogP contribution in [0.25, 0.3) is 5.69 Å². The molecule has 0 aliphatic rings. The van der Waals surface area contributed by atoms with Gasteiger partial charge in [-0.2, -0.15) is 4.37 Å². The van der Waals surface area contributed by atoms with Crippen molar-refractivity contribution < 1.29 is 4.74 Å². The minimum absolute atomic E-state index is 0.125. The number of hydrogen-bond acceptors (Lipinski definition) is 5. The van der Waals surface area contributed by atoms with E-state index in [1.165, 1.54) is 0 Å². The Morgan fingerprint density at radius 3 is 2.77 bits per heavy atom. The second-order valence-corrected chi connectivity index (χ2v) is 5.47. The number of anilines is 2. The summed E-state index contributed by atoms with van der Waals surface area (Å²) in [4.78, 5) is 12.0. The first-order valence-electron chi connectivity index (χ1n) is 6.75. The fraction of sp³-hybridized carbons (Fsp3) is 0.125. The van der Waals surface area contributed by atoms with Gasteiger partial charge in [0.05, 0.1) is 12.8 Å². The zero-order valence-corrected chi connectivity index (χ0v) is 13.1. The summed E-state index contributed by atoms with van der Waals surface area (Å²) in [6, 6.07) is 15.2. The first-order chi connectivity index (χ1) is 10.7. The summed E-state index contributed by atoms with van der Waals surface area (Å²) in [5, 5.41) is 3.18. The summed E-state index contributed by atoms with van der Waals surface area (Å²) in [5.41, 5.74) is 2.65. The van der Waals surface area contributed by atoms with Crippen molar-refractivity contribution in [3.05, 3.63) is 63.8 Å². The van der Waals surface area contributed by atoms with E-state index >= 15 is 0 Å². The van der Waals surface area contributed by atoms with Gasteiger partial charge in [-0.1, -0.05) is 24.3 Å². The molecule has 0 radical (unpaired) electrons. The van der Waals surface area contributed by atoms with Crippen molar-refractivity contribution in [2.75, 3.05) is 12.4 Å². The van der Waals surface area contributed by atoms with Crippen LogP contribution in [0.1, 0.15) is 5.56 Å². The molecule has 1 aromatic heterocycles. The van der Waals surface area contributed by atoms with Crippen LogP contribution >= 0.6 is 11.5 Å². The highest BCUT2D eigenvalue weighted by Crippen LogP contribution is 2.23. The Bertz CT molecular complexity index is 854. The number of hydrogen-bond donors (Lipinski definition) is 1. The number of aromatic nitrogens is 2. The molecule has 0 fully saturated rings. The highest BCUT2D eigenvalue weighted by molar-refractivity contribution is 7.03. The number of methoxy groups -OCH3 is 1. The van der Waals surface area contributed by atoms with Gasteiger partial charge in [-0.15, -0.1) is 0 Å². The van der Waals surface area contributed by atoms with E-state index in [2.05, 4.69) is 9.69 Å². The molecule has 0 spiro atoms. The predicted octanol–water partition coefficient (Wildman–Crippen LogP) is 3.35. The fourth-order valence-corrected chi connectivity index (χ4v) is 2.74. The lowest BCUT2D eigenvalue weighted by Gasteiger charge is -2.11. The van der Waals surface area contributed by atoms with Crippen molar-refractivity contribution in [1.29, 1.82) is 0 Å². The summed E-state index contributed by atoms with van der Waals surface area (Å²) in [7, 11) is 1.62. The van der Waals surface area contributed by atoms with Gasteiger partial charge in [-0.25, -0.2) is 4.57 Å². The summed E-state index contributed by atoms with van der Waals surface area (Å²) in [5.74, 6) is 1.24. The molecular formula is C16H15N3O2S. The van der Waals surface area contributed by atoms with Crippen LogP contribution in [0.3, 0.4) is 0 Å². The first-order valence-corrected chi connectivity index (χ1v) is 7.52. The van der Waals surface area contributed by atoms with E-state index in [-0.39, 0.29) is 4.87 Å². The van der Waals surface area contributed by atoms with Crippen LogP contribution in [0.2, 0.25) is 0 Å². The SMILES string of the molecule is COc1cccc(Nc2nsc(=O)n2-c2ccccc2C)c1. The molecule has 1 heterocycles. The summed E-state index contributed by atoms with van der Waals surface area (Å²) in [6.45, 7) is 1.97. The summed E-state index contributed by atoms with van der Waals surface area (Å²) >= 11 is 0.927. The Balaban J connectivity index is 2.03. The minimum atomic E-state index is -0.125. The van der Waals surface area contributed by atoms with Crippen LogP contribution in [-0.2, 0) is 0 Å². The maximum absolute atomic E-state index is 12.2. The molecule has 0 saturated carbocycles. The van der Waals surface area contributed by atoms with E-state index in [0.29, 0.717) is 5.95 Å². The number of ether oxygens (including phenoxy) is 1. The van der Waals surface area contributed by atoms with Crippen molar-refractivity contribution >= 4 is 23.2 Å². The van der Waals surface area contributed by atoms with Crippen LogP contribution in [-0.4, -0.2) is 16.1 Å². The van der Waals surface area contributed by atoms with Gasteiger partial charge in [0.2, 0.25) is 5.95 Å². The number of rotatable bonds is 4. The van der Waals surface area contributed by atoms with Crippen molar-refractivity contribution in [2.45, 2.75) is 6.92 Å². The second-order valence-electron chi connectivity index (χ2n) is 4.75. The van der Waals surface area contributed by atoms with E-state index in [1.54, 1.807) is 11.7 Å². The van der Waals surface area contributed by atoms with Crippen LogP contribution in [0.4, 0.5) is 11.6 Å². The van der Waals surface area contributed by atoms with E-state index in [0.717, 1.165) is 34.2 Å². The number of aryl methyl sites for hydroxylation is 1. The van der Waals surface area contributed by atoms with Gasteiger partial charge >= 0.3 is 4.87 Å². The molecule has 22 heavy (non-hydrogen) atoms. The third kappa shape index (κ3) is 2.73. The van der Waals surface area contributed by atoms with Crippen molar-refractivity contribution in [2.24, 2.45) is 0 Å². The molecular weight excluding hydrogens is 298 g/mol.